The minimum atomic E-state index is -0.511. The van der Waals surface area contributed by atoms with Gasteiger partial charge in [0.25, 0.3) is 0 Å². The normalized spacial score (nSPS) is 10.1. The second-order valence-electron chi connectivity index (χ2n) is 3.58. The first-order chi connectivity index (χ1) is 8.72. The van der Waals surface area contributed by atoms with Crippen LogP contribution in [0.2, 0.25) is 0 Å². The third kappa shape index (κ3) is 2.42. The summed E-state index contributed by atoms with van der Waals surface area (Å²) in [7, 11) is 0. The van der Waals surface area contributed by atoms with Crippen molar-refractivity contribution in [3.05, 3.63) is 52.8 Å². The molecule has 0 amide bonds. The molecule has 0 aliphatic carbocycles. The van der Waals surface area contributed by atoms with Gasteiger partial charge in [0, 0.05) is 12.2 Å². The van der Waals surface area contributed by atoms with Gasteiger partial charge in [-0.15, -0.1) is 0 Å². The van der Waals surface area contributed by atoms with Crippen molar-refractivity contribution in [1.82, 2.24) is 9.97 Å². The quantitative estimate of drug-likeness (QED) is 0.610. The molecule has 0 unspecified atom stereocenters. The minimum absolute atomic E-state index is 0.108. The fourth-order valence-corrected chi connectivity index (χ4v) is 1.60. The Balaban J connectivity index is 2.31. The first-order valence-corrected chi connectivity index (χ1v) is 5.51. The van der Waals surface area contributed by atoms with Gasteiger partial charge in [-0.25, -0.2) is 9.97 Å². The molecule has 0 aliphatic rings. The lowest BCUT2D eigenvalue weighted by Crippen LogP contribution is -2.18. The number of anilines is 2. The van der Waals surface area contributed by atoms with Crippen LogP contribution < -0.4 is 4.90 Å². The van der Waals surface area contributed by atoms with Crippen molar-refractivity contribution < 1.29 is 4.92 Å². The molecule has 2 aromatic rings. The summed E-state index contributed by atoms with van der Waals surface area (Å²) in [5, 5.41) is 10.5. The molecule has 2 rings (SSSR count). The van der Waals surface area contributed by atoms with Gasteiger partial charge in [-0.2, -0.15) is 0 Å². The Morgan fingerprint density at radius 2 is 1.83 bits per heavy atom. The first kappa shape index (κ1) is 12.0. The molecular weight excluding hydrogens is 232 g/mol. The van der Waals surface area contributed by atoms with Gasteiger partial charge in [-0.1, -0.05) is 18.2 Å². The highest BCUT2D eigenvalue weighted by molar-refractivity contribution is 5.56. The number of hydrogen-bond acceptors (Lipinski definition) is 5. The van der Waals surface area contributed by atoms with E-state index < -0.39 is 4.92 Å². The molecule has 0 spiro atoms. The maximum Gasteiger partial charge on any atom is 0.305 e. The second-order valence-corrected chi connectivity index (χ2v) is 3.58. The van der Waals surface area contributed by atoms with Gasteiger partial charge in [0.1, 0.15) is 12.4 Å². The molecule has 6 heteroatoms. The van der Waals surface area contributed by atoms with Crippen molar-refractivity contribution in [1.29, 1.82) is 0 Å². The van der Waals surface area contributed by atoms with Crippen molar-refractivity contribution in [3.63, 3.8) is 0 Å². The Bertz CT molecular complexity index is 528. The van der Waals surface area contributed by atoms with E-state index in [1.165, 1.54) is 12.4 Å². The molecular formula is C12H12N4O2. The molecule has 0 saturated heterocycles. The molecule has 0 saturated carbocycles. The Morgan fingerprint density at radius 3 is 2.33 bits per heavy atom. The van der Waals surface area contributed by atoms with E-state index in [4.69, 9.17) is 0 Å². The van der Waals surface area contributed by atoms with Gasteiger partial charge in [-0.05, 0) is 19.1 Å². The summed E-state index contributed by atoms with van der Waals surface area (Å²) >= 11 is 0. The Labute approximate surface area is 104 Å². The van der Waals surface area contributed by atoms with E-state index in [0.29, 0.717) is 12.5 Å². The smallest absolute Gasteiger partial charge is 0.305 e. The minimum Gasteiger partial charge on any atom is -0.311 e. The molecule has 0 fully saturated rings. The van der Waals surface area contributed by atoms with E-state index in [0.717, 1.165) is 5.69 Å². The van der Waals surface area contributed by atoms with E-state index in [1.807, 2.05) is 42.2 Å². The predicted molar refractivity (Wildman–Crippen MR) is 67.8 cm³/mol. The van der Waals surface area contributed by atoms with Crippen molar-refractivity contribution in [2.75, 3.05) is 11.4 Å². The lowest BCUT2D eigenvalue weighted by molar-refractivity contribution is -0.385. The van der Waals surface area contributed by atoms with Gasteiger partial charge in [0.2, 0.25) is 5.95 Å². The molecule has 0 bridgehead atoms. The molecule has 0 atom stereocenters. The Morgan fingerprint density at radius 1 is 1.22 bits per heavy atom. The van der Waals surface area contributed by atoms with Crippen LogP contribution in [-0.4, -0.2) is 21.4 Å². The van der Waals surface area contributed by atoms with Crippen LogP contribution in [0.1, 0.15) is 6.92 Å². The van der Waals surface area contributed by atoms with Gasteiger partial charge >= 0.3 is 5.69 Å². The first-order valence-electron chi connectivity index (χ1n) is 5.51. The van der Waals surface area contributed by atoms with Crippen LogP contribution in [0, 0.1) is 10.1 Å². The van der Waals surface area contributed by atoms with E-state index in [-0.39, 0.29) is 5.69 Å². The monoisotopic (exact) mass is 244 g/mol. The fraction of sp³-hybridized carbons (Fsp3) is 0.167. The van der Waals surface area contributed by atoms with Crippen LogP contribution in [0.25, 0.3) is 0 Å². The molecule has 6 nitrogen and oxygen atoms in total. The van der Waals surface area contributed by atoms with Gasteiger partial charge in [0.15, 0.2) is 0 Å². The zero-order chi connectivity index (χ0) is 13.0. The van der Waals surface area contributed by atoms with Crippen LogP contribution in [0.3, 0.4) is 0 Å². The lowest BCUT2D eigenvalue weighted by atomic mass is 10.3. The number of nitrogens with zero attached hydrogens (tertiary/aromatic N) is 4. The molecule has 0 radical (unpaired) electrons. The number of para-hydroxylation sites is 1. The highest BCUT2D eigenvalue weighted by Gasteiger charge is 2.12. The third-order valence-electron chi connectivity index (χ3n) is 2.46. The van der Waals surface area contributed by atoms with Crippen molar-refractivity contribution in [2.45, 2.75) is 6.92 Å². The molecule has 1 aromatic heterocycles. The SMILES string of the molecule is CCN(c1ccccc1)c1ncc([N+](=O)[O-])cn1. The largest absolute Gasteiger partial charge is 0.311 e. The number of hydrogen-bond donors (Lipinski definition) is 0. The molecule has 0 N–H and O–H groups in total. The summed E-state index contributed by atoms with van der Waals surface area (Å²) in [6.45, 7) is 2.65. The van der Waals surface area contributed by atoms with Crippen LogP contribution >= 0.6 is 0 Å². The maximum absolute atomic E-state index is 10.5. The van der Waals surface area contributed by atoms with E-state index in [2.05, 4.69) is 9.97 Å². The van der Waals surface area contributed by atoms with Gasteiger partial charge < -0.3 is 4.90 Å². The lowest BCUT2D eigenvalue weighted by Gasteiger charge is -2.20. The van der Waals surface area contributed by atoms with Gasteiger partial charge in [0.05, 0.1) is 4.92 Å². The van der Waals surface area contributed by atoms with E-state index in [9.17, 15) is 10.1 Å². The fourth-order valence-electron chi connectivity index (χ4n) is 1.60. The second kappa shape index (κ2) is 5.22. The van der Waals surface area contributed by atoms with Crippen molar-refractivity contribution in [3.8, 4) is 0 Å². The van der Waals surface area contributed by atoms with Crippen LogP contribution in [-0.2, 0) is 0 Å². The maximum atomic E-state index is 10.5. The van der Waals surface area contributed by atoms with Crippen molar-refractivity contribution in [2.24, 2.45) is 0 Å². The molecule has 1 heterocycles. The number of rotatable bonds is 4. The third-order valence-corrected chi connectivity index (χ3v) is 2.46. The zero-order valence-electron chi connectivity index (χ0n) is 9.85. The summed E-state index contributed by atoms with van der Waals surface area (Å²) < 4.78 is 0. The highest BCUT2D eigenvalue weighted by Crippen LogP contribution is 2.21. The molecule has 0 aliphatic heterocycles. The van der Waals surface area contributed by atoms with Gasteiger partial charge in [-0.3, -0.25) is 10.1 Å². The van der Waals surface area contributed by atoms with Crippen LogP contribution in [0.4, 0.5) is 17.3 Å². The zero-order valence-corrected chi connectivity index (χ0v) is 9.85. The standard InChI is InChI=1S/C12H12N4O2/c1-2-15(10-6-4-3-5-7-10)12-13-8-11(9-14-12)16(17)18/h3-9H,2H2,1H3. The number of nitro groups is 1. The summed E-state index contributed by atoms with van der Waals surface area (Å²) in [5.41, 5.74) is 0.844. The molecule has 92 valence electrons. The highest BCUT2D eigenvalue weighted by atomic mass is 16.6. The summed E-state index contributed by atoms with van der Waals surface area (Å²) in [6.07, 6.45) is 2.43. The average Bonchev–Trinajstić information content (AvgIpc) is 2.41. The summed E-state index contributed by atoms with van der Waals surface area (Å²) in [5.74, 6) is 0.453. The number of aromatic nitrogens is 2. The van der Waals surface area contributed by atoms with Crippen molar-refractivity contribution >= 4 is 17.3 Å². The van der Waals surface area contributed by atoms with E-state index in [1.54, 1.807) is 0 Å². The molecule has 1 aromatic carbocycles. The summed E-state index contributed by atoms with van der Waals surface area (Å²) in [6, 6.07) is 9.64. The van der Waals surface area contributed by atoms with Crippen LogP contribution in [0.5, 0.6) is 0 Å². The van der Waals surface area contributed by atoms with Crippen LogP contribution in [0.15, 0.2) is 42.7 Å². The average molecular weight is 244 g/mol. The van der Waals surface area contributed by atoms with E-state index >= 15 is 0 Å². The Hall–Kier alpha value is -2.50. The predicted octanol–water partition coefficient (Wildman–Crippen LogP) is 2.54. The summed E-state index contributed by atoms with van der Waals surface area (Å²) in [4.78, 5) is 19.9. The number of benzene rings is 1. The molecule has 18 heavy (non-hydrogen) atoms. The Kier molecular flexibility index (Phi) is 3.47. The topological polar surface area (TPSA) is 72.2 Å².